The highest BCUT2D eigenvalue weighted by molar-refractivity contribution is 5.92. The average molecular weight is 393 g/mol. The van der Waals surface area contributed by atoms with E-state index in [0.29, 0.717) is 34.2 Å². The monoisotopic (exact) mass is 393 g/mol. The molecule has 4 heterocycles. The van der Waals surface area contributed by atoms with E-state index in [-0.39, 0.29) is 5.56 Å². The molecule has 4 rings (SSSR count). The summed E-state index contributed by atoms with van der Waals surface area (Å²) in [6.07, 6.45) is 4.83. The minimum atomic E-state index is -1.05. The van der Waals surface area contributed by atoms with Gasteiger partial charge in [-0.15, -0.1) is 0 Å². The Kier molecular flexibility index (Phi) is 4.34. The summed E-state index contributed by atoms with van der Waals surface area (Å²) in [5.41, 5.74) is 3.57. The number of aromatic nitrogens is 7. The smallest absolute Gasteiger partial charge is 0.337 e. The molecule has 11 nitrogen and oxygen atoms in total. The molecule has 4 aromatic heterocycles. The quantitative estimate of drug-likeness (QED) is 0.466. The highest BCUT2D eigenvalue weighted by Gasteiger charge is 2.15. The number of anilines is 4. The molecule has 0 bridgehead atoms. The molecule has 0 amide bonds. The third kappa shape index (κ3) is 3.45. The maximum atomic E-state index is 11.2. The lowest BCUT2D eigenvalue weighted by Crippen LogP contribution is -2.02. The Morgan fingerprint density at radius 3 is 2.52 bits per heavy atom. The number of aromatic carboxylic acids is 1. The predicted octanol–water partition coefficient (Wildman–Crippen LogP) is 2.29. The molecule has 4 aromatic rings. The van der Waals surface area contributed by atoms with Crippen molar-refractivity contribution in [3.63, 3.8) is 0 Å². The summed E-state index contributed by atoms with van der Waals surface area (Å²) in [4.78, 5) is 24.3. The fourth-order valence-corrected chi connectivity index (χ4v) is 2.94. The molecule has 0 fully saturated rings. The van der Waals surface area contributed by atoms with Crippen molar-refractivity contribution < 1.29 is 9.90 Å². The van der Waals surface area contributed by atoms with Crippen molar-refractivity contribution in [1.82, 2.24) is 34.5 Å². The van der Waals surface area contributed by atoms with Gasteiger partial charge in [-0.2, -0.15) is 15.2 Å². The molecule has 0 aliphatic heterocycles. The molecule has 0 atom stereocenters. The lowest BCUT2D eigenvalue weighted by Gasteiger charge is -2.07. The van der Waals surface area contributed by atoms with E-state index >= 15 is 0 Å². The zero-order valence-corrected chi connectivity index (χ0v) is 16.3. The van der Waals surface area contributed by atoms with Gasteiger partial charge < -0.3 is 15.7 Å². The van der Waals surface area contributed by atoms with Crippen LogP contribution in [-0.2, 0) is 14.1 Å². The first-order valence-corrected chi connectivity index (χ1v) is 8.76. The van der Waals surface area contributed by atoms with Crippen LogP contribution in [0.2, 0.25) is 0 Å². The summed E-state index contributed by atoms with van der Waals surface area (Å²) >= 11 is 0. The predicted molar refractivity (Wildman–Crippen MR) is 107 cm³/mol. The normalized spacial score (nSPS) is 11.0. The van der Waals surface area contributed by atoms with Crippen LogP contribution in [-0.4, -0.2) is 45.6 Å². The number of nitrogens with zero attached hydrogens (tertiary/aromatic N) is 7. The van der Waals surface area contributed by atoms with Crippen LogP contribution >= 0.6 is 0 Å². The molecule has 0 aromatic carbocycles. The maximum absolute atomic E-state index is 11.2. The molecule has 11 heteroatoms. The van der Waals surface area contributed by atoms with Gasteiger partial charge in [0.2, 0.25) is 5.95 Å². The van der Waals surface area contributed by atoms with Gasteiger partial charge in [-0.1, -0.05) is 0 Å². The molecule has 0 aliphatic rings. The second-order valence-corrected chi connectivity index (χ2v) is 6.62. The number of rotatable bonds is 5. The minimum Gasteiger partial charge on any atom is -0.478 e. The number of pyridine rings is 1. The Labute approximate surface area is 165 Å². The molecule has 0 aliphatic carbocycles. The van der Waals surface area contributed by atoms with Crippen LogP contribution < -0.4 is 10.6 Å². The highest BCUT2D eigenvalue weighted by Crippen LogP contribution is 2.27. The number of fused-ring (bicyclic) bond motifs is 1. The summed E-state index contributed by atoms with van der Waals surface area (Å²) in [7, 11) is 3.62. The fraction of sp³-hybridized carbons (Fsp3) is 0.222. The van der Waals surface area contributed by atoms with Crippen molar-refractivity contribution in [2.24, 2.45) is 14.1 Å². The van der Waals surface area contributed by atoms with Gasteiger partial charge in [-0.05, 0) is 19.9 Å². The zero-order valence-electron chi connectivity index (χ0n) is 16.3. The van der Waals surface area contributed by atoms with Crippen LogP contribution in [0.1, 0.15) is 21.7 Å². The van der Waals surface area contributed by atoms with E-state index in [0.717, 1.165) is 11.4 Å². The third-order valence-electron chi connectivity index (χ3n) is 4.43. The van der Waals surface area contributed by atoms with Crippen LogP contribution in [0.25, 0.3) is 11.0 Å². The summed E-state index contributed by atoms with van der Waals surface area (Å²) < 4.78 is 3.34. The van der Waals surface area contributed by atoms with Gasteiger partial charge in [0, 0.05) is 32.7 Å². The van der Waals surface area contributed by atoms with E-state index < -0.39 is 5.97 Å². The van der Waals surface area contributed by atoms with E-state index in [9.17, 15) is 9.90 Å². The lowest BCUT2D eigenvalue weighted by atomic mass is 10.2. The van der Waals surface area contributed by atoms with E-state index in [1.54, 1.807) is 29.5 Å². The van der Waals surface area contributed by atoms with Crippen molar-refractivity contribution in [2.45, 2.75) is 13.8 Å². The Morgan fingerprint density at radius 1 is 1.03 bits per heavy atom. The summed E-state index contributed by atoms with van der Waals surface area (Å²) in [5, 5.41) is 24.9. The van der Waals surface area contributed by atoms with E-state index in [2.05, 4.69) is 35.8 Å². The van der Waals surface area contributed by atoms with E-state index in [1.807, 2.05) is 20.2 Å². The molecule has 3 N–H and O–H groups in total. The van der Waals surface area contributed by atoms with E-state index in [1.165, 1.54) is 12.3 Å². The number of carboxylic acid groups (broad SMARTS) is 1. The van der Waals surface area contributed by atoms with Gasteiger partial charge in [0.15, 0.2) is 11.5 Å². The standard InChI is InChI=1S/C18H19N9O2/c1-9-13(5-11(6-19-9)17(28)29)21-15-12-7-20-18(23-16(12)27(4)25-15)22-14-8-26(3)24-10(14)2/h5-8H,1-4H3,(H,21,25)(H,28,29)(H,20,22,23). The minimum absolute atomic E-state index is 0.0907. The Morgan fingerprint density at radius 2 is 1.83 bits per heavy atom. The van der Waals surface area contributed by atoms with Crippen LogP contribution in [0, 0.1) is 13.8 Å². The lowest BCUT2D eigenvalue weighted by molar-refractivity contribution is 0.0696. The zero-order chi connectivity index (χ0) is 20.7. The second-order valence-electron chi connectivity index (χ2n) is 6.62. The first-order chi connectivity index (χ1) is 13.8. The molecule has 0 spiro atoms. The summed E-state index contributed by atoms with van der Waals surface area (Å²) in [6, 6.07) is 1.52. The molecular formula is C18H19N9O2. The van der Waals surface area contributed by atoms with Gasteiger partial charge in [-0.3, -0.25) is 9.67 Å². The van der Waals surface area contributed by atoms with Crippen LogP contribution in [0.4, 0.5) is 23.1 Å². The topological polar surface area (TPSA) is 136 Å². The maximum Gasteiger partial charge on any atom is 0.337 e. The van der Waals surface area contributed by atoms with Crippen LogP contribution in [0.3, 0.4) is 0 Å². The number of carbonyl (C=O) groups is 1. The fourth-order valence-electron chi connectivity index (χ4n) is 2.94. The molecule has 0 unspecified atom stereocenters. The molecule has 0 saturated carbocycles. The van der Waals surface area contributed by atoms with Crippen molar-refractivity contribution in [1.29, 1.82) is 0 Å². The second kappa shape index (κ2) is 6.86. The molecule has 148 valence electrons. The first kappa shape index (κ1) is 18.3. The van der Waals surface area contributed by atoms with Gasteiger partial charge in [0.05, 0.1) is 33.7 Å². The Balaban J connectivity index is 1.68. The Bertz CT molecular complexity index is 1240. The number of hydrogen-bond donors (Lipinski definition) is 3. The largest absolute Gasteiger partial charge is 0.478 e. The SMILES string of the molecule is Cc1nn(C)cc1Nc1ncc2c(Nc3cc(C(=O)O)cnc3C)nn(C)c2n1. The average Bonchev–Trinajstić information content (AvgIpc) is 3.15. The van der Waals surface area contributed by atoms with Gasteiger partial charge in [0.25, 0.3) is 0 Å². The summed E-state index contributed by atoms with van der Waals surface area (Å²) in [5.74, 6) is -0.107. The van der Waals surface area contributed by atoms with Gasteiger partial charge in [0.1, 0.15) is 0 Å². The Hall–Kier alpha value is -4.02. The number of hydrogen-bond acceptors (Lipinski definition) is 8. The van der Waals surface area contributed by atoms with E-state index in [4.69, 9.17) is 0 Å². The molecule has 29 heavy (non-hydrogen) atoms. The van der Waals surface area contributed by atoms with Crippen LogP contribution in [0.5, 0.6) is 0 Å². The van der Waals surface area contributed by atoms with Crippen LogP contribution in [0.15, 0.2) is 24.7 Å². The van der Waals surface area contributed by atoms with Gasteiger partial charge in [-0.25, -0.2) is 14.5 Å². The number of carboxylic acids is 1. The first-order valence-electron chi connectivity index (χ1n) is 8.76. The number of nitrogens with one attached hydrogen (secondary N) is 2. The number of aryl methyl sites for hydroxylation is 4. The van der Waals surface area contributed by atoms with Gasteiger partial charge >= 0.3 is 5.97 Å². The molecular weight excluding hydrogens is 374 g/mol. The third-order valence-corrected chi connectivity index (χ3v) is 4.43. The van der Waals surface area contributed by atoms with Crippen molar-refractivity contribution >= 4 is 40.1 Å². The molecule has 0 saturated heterocycles. The van der Waals surface area contributed by atoms with Crippen molar-refractivity contribution in [3.05, 3.63) is 41.6 Å². The van der Waals surface area contributed by atoms with Crippen molar-refractivity contribution in [3.8, 4) is 0 Å². The summed E-state index contributed by atoms with van der Waals surface area (Å²) in [6.45, 7) is 3.68. The highest BCUT2D eigenvalue weighted by atomic mass is 16.4. The molecule has 0 radical (unpaired) electrons. The van der Waals surface area contributed by atoms with Crippen molar-refractivity contribution in [2.75, 3.05) is 10.6 Å².